The van der Waals surface area contributed by atoms with Gasteiger partial charge >= 0.3 is 31.8 Å². The van der Waals surface area contributed by atoms with E-state index in [1.165, 1.54) is 26.0 Å². The van der Waals surface area contributed by atoms with E-state index in [9.17, 15) is 18.9 Å². The molecule has 0 aliphatic rings. The molecule has 15 heteroatoms. The number of alkyl halides is 4. The number of aryl methyl sites for hydroxylation is 2. The van der Waals surface area contributed by atoms with Crippen LogP contribution in [0.2, 0.25) is 0 Å². The predicted molar refractivity (Wildman–Crippen MR) is 154 cm³/mol. The van der Waals surface area contributed by atoms with E-state index in [1.807, 2.05) is 0 Å². The van der Waals surface area contributed by atoms with Gasteiger partial charge < -0.3 is 23.3 Å². The maximum Gasteiger partial charge on any atom is 0.423 e. The fourth-order valence-electron chi connectivity index (χ4n) is 4.31. The Hall–Kier alpha value is -2.93. The summed E-state index contributed by atoms with van der Waals surface area (Å²) in [5, 5.41) is -1.44. The number of hydrogen-bond donors (Lipinski definition) is 1. The van der Waals surface area contributed by atoms with E-state index < -0.39 is 63.1 Å². The number of amides is 1. The molecule has 0 aliphatic heterocycles. The van der Waals surface area contributed by atoms with Gasteiger partial charge in [-0.05, 0) is 55.9 Å². The number of carbonyl (C=O) groups excluding carboxylic acids is 3. The average Bonchev–Trinajstić information content (AvgIpc) is 2.97. The molecule has 1 N–H and O–H groups in total. The van der Waals surface area contributed by atoms with Gasteiger partial charge in [0.15, 0.2) is 0 Å². The average molecular weight is 696 g/mol. The Kier molecular flexibility index (Phi) is 13.7. The van der Waals surface area contributed by atoms with Crippen molar-refractivity contribution in [1.82, 2.24) is 5.32 Å². The molecule has 2 aromatic rings. The first-order valence-corrected chi connectivity index (χ1v) is 15.8. The van der Waals surface area contributed by atoms with E-state index in [0.717, 1.165) is 14.2 Å². The third kappa shape index (κ3) is 8.81. The van der Waals surface area contributed by atoms with Crippen LogP contribution in [0.25, 0.3) is 0 Å². The Morgan fingerprint density at radius 2 is 1.51 bits per heavy atom. The molecule has 0 heterocycles. The molecule has 1 amide bonds. The van der Waals surface area contributed by atoms with Crippen LogP contribution in [0.4, 0.5) is 18.0 Å². The minimum absolute atomic E-state index is 0.100. The van der Waals surface area contributed by atoms with Gasteiger partial charge in [-0.3, -0.25) is 9.88 Å². The van der Waals surface area contributed by atoms with Crippen LogP contribution >= 0.6 is 23.5 Å². The van der Waals surface area contributed by atoms with Gasteiger partial charge in [-0.1, -0.05) is 52.3 Å². The molecule has 2 aromatic carbocycles. The van der Waals surface area contributed by atoms with Crippen molar-refractivity contribution in [2.75, 3.05) is 32.8 Å². The molecular weight excluding hydrogens is 662 g/mol. The number of alkyl carbamates (subject to hydrolysis) is 1. The van der Waals surface area contributed by atoms with Crippen LogP contribution < -0.4 is 5.32 Å². The largest absolute Gasteiger partial charge is 0.465 e. The molecule has 1 atom stereocenters. The summed E-state index contributed by atoms with van der Waals surface area (Å²) in [7, 11) is -2.97. The maximum atomic E-state index is 15.1. The summed E-state index contributed by atoms with van der Waals surface area (Å²) in [6.45, 7) is 1.46. The summed E-state index contributed by atoms with van der Waals surface area (Å²) < 4.78 is 84.0. The van der Waals surface area contributed by atoms with Crippen LogP contribution in [-0.2, 0) is 47.3 Å². The van der Waals surface area contributed by atoms with Crippen molar-refractivity contribution in [3.05, 3.63) is 70.3 Å². The zero-order valence-corrected chi connectivity index (χ0v) is 26.6. The third-order valence-corrected chi connectivity index (χ3v) is 9.39. The van der Waals surface area contributed by atoms with E-state index in [-0.39, 0.29) is 29.7 Å². The van der Waals surface area contributed by atoms with Crippen LogP contribution in [0, 0.1) is 0 Å². The van der Waals surface area contributed by atoms with Gasteiger partial charge in [0.2, 0.25) is 5.28 Å². The zero-order chi connectivity index (χ0) is 32.3. The molecule has 0 fully saturated rings. The summed E-state index contributed by atoms with van der Waals surface area (Å²) in [4.78, 5) is 38.0. The molecule has 238 valence electrons. The first-order chi connectivity index (χ1) is 20.3. The normalized spacial score (nSPS) is 13.1. The number of methoxy groups -OCH3 is 2. The molecule has 0 bridgehead atoms. The number of esters is 2. The zero-order valence-electron chi connectivity index (χ0n) is 24.1. The second kappa shape index (κ2) is 16.2. The van der Waals surface area contributed by atoms with E-state index >= 15 is 13.2 Å². The molecule has 0 saturated carbocycles. The van der Waals surface area contributed by atoms with E-state index in [4.69, 9.17) is 23.3 Å². The van der Waals surface area contributed by atoms with Crippen molar-refractivity contribution in [3.63, 3.8) is 0 Å². The molecule has 0 spiro atoms. The lowest BCUT2D eigenvalue weighted by atomic mass is 9.93. The molecule has 0 aromatic heterocycles. The highest BCUT2D eigenvalue weighted by molar-refractivity contribution is 9.09. The highest BCUT2D eigenvalue weighted by atomic mass is 79.9. The fraction of sp³-hybridized carbons (Fsp3) is 0.464. The highest BCUT2D eigenvalue weighted by Gasteiger charge is 2.69. The lowest BCUT2D eigenvalue weighted by molar-refractivity contribution is -0.176. The van der Waals surface area contributed by atoms with Gasteiger partial charge in [0, 0.05) is 5.33 Å². The number of ether oxygens (including phenoxy) is 3. The number of nitrogens with one attached hydrogen (secondary N) is 1. The van der Waals surface area contributed by atoms with Crippen LogP contribution in [-0.4, -0.2) is 62.3 Å². The third-order valence-electron chi connectivity index (χ3n) is 6.27. The first kappa shape index (κ1) is 36.3. The minimum Gasteiger partial charge on any atom is -0.465 e. The minimum atomic E-state index is -5.37. The summed E-state index contributed by atoms with van der Waals surface area (Å²) >= 11 is 3.26. The lowest BCUT2D eigenvalue weighted by Gasteiger charge is -2.40. The van der Waals surface area contributed by atoms with Crippen molar-refractivity contribution in [2.45, 2.75) is 51.2 Å². The van der Waals surface area contributed by atoms with Crippen molar-refractivity contribution in [3.8, 4) is 0 Å². The predicted octanol–water partition coefficient (Wildman–Crippen LogP) is 6.58. The van der Waals surface area contributed by atoms with Crippen molar-refractivity contribution < 1.29 is 55.4 Å². The van der Waals surface area contributed by atoms with Gasteiger partial charge in [-0.2, -0.15) is 13.2 Å². The smallest absolute Gasteiger partial charge is 0.423 e. The van der Waals surface area contributed by atoms with Crippen LogP contribution in [0.1, 0.15) is 57.7 Å². The fourth-order valence-corrected chi connectivity index (χ4v) is 6.86. The molecule has 0 aliphatic carbocycles. The van der Waals surface area contributed by atoms with Crippen LogP contribution in [0.5, 0.6) is 0 Å². The summed E-state index contributed by atoms with van der Waals surface area (Å²) in [6, 6.07) is 10.9. The highest BCUT2D eigenvalue weighted by Crippen LogP contribution is 2.66. The number of benzene rings is 2. The second-order valence-electron chi connectivity index (χ2n) is 8.98. The van der Waals surface area contributed by atoms with Gasteiger partial charge in [-0.25, -0.2) is 14.4 Å². The second-order valence-corrected chi connectivity index (χ2v) is 12.0. The Morgan fingerprint density at radius 3 is 2.02 bits per heavy atom. The van der Waals surface area contributed by atoms with Gasteiger partial charge in [0.25, 0.3) is 0 Å². The molecule has 43 heavy (non-hydrogen) atoms. The van der Waals surface area contributed by atoms with Gasteiger partial charge in [0.05, 0.1) is 38.6 Å². The lowest BCUT2D eigenvalue weighted by Crippen LogP contribution is -2.59. The van der Waals surface area contributed by atoms with Crippen LogP contribution in [0.15, 0.2) is 42.5 Å². The summed E-state index contributed by atoms with van der Waals surface area (Å²) in [5.74, 6) is -1.76. The Balaban J connectivity index is 2.64. The monoisotopic (exact) mass is 695 g/mol. The molecule has 2 rings (SSSR count). The molecule has 10 nitrogen and oxygen atoms in total. The molecule has 0 radical (unpaired) electrons. The molecule has 1 unspecified atom stereocenters. The van der Waals surface area contributed by atoms with Gasteiger partial charge in [0.1, 0.15) is 6.61 Å². The number of hydrogen-bond acceptors (Lipinski definition) is 9. The molecule has 0 saturated heterocycles. The Bertz CT molecular complexity index is 1300. The standard InChI is InChI=1S/C28H34BrF3NO9P/c1-5-41-43(37,42-6-2)27(28(30,31)32,33-26(36)40-18-19-10-8-7-9-11-19)14-12-20-16-21(13-15-29)23(25(35)39-4)22(17-20)24(34)38-3/h7-11,16-17H,5-6,12-15,18H2,1-4H3,(H,33,36). The van der Waals surface area contributed by atoms with E-state index in [1.54, 1.807) is 35.6 Å². The first-order valence-electron chi connectivity index (χ1n) is 13.2. The maximum absolute atomic E-state index is 15.1. The van der Waals surface area contributed by atoms with Crippen LogP contribution in [0.3, 0.4) is 0 Å². The number of halogens is 4. The quantitative estimate of drug-likeness (QED) is 0.0951. The van der Waals surface area contributed by atoms with E-state index in [0.29, 0.717) is 16.5 Å². The van der Waals surface area contributed by atoms with Crippen molar-refractivity contribution >= 4 is 41.6 Å². The summed E-state index contributed by atoms with van der Waals surface area (Å²) in [5.41, 5.74) is 0.627. The number of carbonyl (C=O) groups is 3. The van der Waals surface area contributed by atoms with Gasteiger partial charge in [-0.15, -0.1) is 0 Å². The molecular formula is C28H34BrF3NO9P. The Morgan fingerprint density at radius 1 is 0.907 bits per heavy atom. The topological polar surface area (TPSA) is 126 Å². The van der Waals surface area contributed by atoms with Crippen molar-refractivity contribution in [2.24, 2.45) is 0 Å². The summed E-state index contributed by atoms with van der Waals surface area (Å²) in [6.07, 6.45) is -8.21. The Labute approximate surface area is 256 Å². The van der Waals surface area contributed by atoms with Crippen molar-refractivity contribution in [1.29, 1.82) is 0 Å². The SMILES string of the molecule is CCOP(=O)(OCC)C(CCc1cc(CCBr)c(C(=O)OC)c(C(=O)OC)c1)(NC(=O)OCc1ccccc1)C(F)(F)F. The van der Waals surface area contributed by atoms with E-state index in [2.05, 4.69) is 15.9 Å². The number of rotatable bonds is 15.